The van der Waals surface area contributed by atoms with Gasteiger partial charge in [0.05, 0.1) is 5.02 Å². The molecule has 0 aliphatic carbocycles. The van der Waals surface area contributed by atoms with Gasteiger partial charge in [-0.05, 0) is 79.6 Å². The molecule has 3 aromatic rings. The largest absolute Gasteiger partial charge is 0.326 e. The number of rotatable bonds is 6. The summed E-state index contributed by atoms with van der Waals surface area (Å²) in [5.74, 6) is -0.706. The molecule has 0 bridgehead atoms. The Hall–Kier alpha value is -3.36. The van der Waals surface area contributed by atoms with Gasteiger partial charge in [0.25, 0.3) is 15.9 Å². The summed E-state index contributed by atoms with van der Waals surface area (Å²) in [5.41, 5.74) is 3.43. The monoisotopic (exact) mass is 471 g/mol. The van der Waals surface area contributed by atoms with Crippen LogP contribution in [-0.2, 0) is 14.8 Å². The van der Waals surface area contributed by atoms with Crippen molar-refractivity contribution in [2.24, 2.45) is 0 Å². The average molecular weight is 472 g/mol. The number of carbonyl (C=O) groups excluding carboxylic acids is 2. The van der Waals surface area contributed by atoms with Gasteiger partial charge in [0.1, 0.15) is 4.90 Å². The summed E-state index contributed by atoms with van der Waals surface area (Å²) in [6.07, 6.45) is 0. The molecule has 0 unspecified atom stereocenters. The van der Waals surface area contributed by atoms with E-state index in [4.69, 9.17) is 11.6 Å². The highest BCUT2D eigenvalue weighted by atomic mass is 35.5. The smallest absolute Gasteiger partial charge is 0.263 e. The predicted molar refractivity (Wildman–Crippen MR) is 127 cm³/mol. The number of benzene rings is 3. The number of hydrogen-bond donors (Lipinski definition) is 3. The molecule has 0 aliphatic rings. The minimum atomic E-state index is -4.03. The fourth-order valence-electron chi connectivity index (χ4n) is 3.14. The van der Waals surface area contributed by atoms with Crippen molar-refractivity contribution < 1.29 is 18.0 Å². The summed E-state index contributed by atoms with van der Waals surface area (Å²) >= 11 is 6.15. The topological polar surface area (TPSA) is 104 Å². The van der Waals surface area contributed by atoms with Crippen molar-refractivity contribution in [1.82, 2.24) is 0 Å². The lowest BCUT2D eigenvalue weighted by atomic mass is 10.1. The van der Waals surface area contributed by atoms with E-state index in [1.165, 1.54) is 25.1 Å². The quantitative estimate of drug-likeness (QED) is 0.472. The molecule has 0 heterocycles. The van der Waals surface area contributed by atoms with Gasteiger partial charge in [-0.15, -0.1) is 0 Å². The third-order valence-electron chi connectivity index (χ3n) is 4.42. The zero-order valence-corrected chi connectivity index (χ0v) is 19.3. The fraction of sp³-hybridized carbons (Fsp3) is 0.130. The standard InChI is InChI=1S/C23H22ClN3O4S/c1-14-10-15(2)12-20(11-14)27-32(30,31)22-13-17(4-9-21(22)24)23(29)26-19-7-5-18(6-8-19)25-16(3)28/h4-13,27H,1-3H3,(H,25,28)(H,26,29). The molecule has 3 N–H and O–H groups in total. The second-order valence-electron chi connectivity index (χ2n) is 7.34. The molecule has 0 spiro atoms. The van der Waals surface area contributed by atoms with E-state index in [2.05, 4.69) is 15.4 Å². The Morgan fingerprint density at radius 1 is 0.781 bits per heavy atom. The molecule has 0 saturated carbocycles. The van der Waals surface area contributed by atoms with Crippen LogP contribution in [0, 0.1) is 13.8 Å². The maximum Gasteiger partial charge on any atom is 0.263 e. The molecule has 0 fully saturated rings. The molecule has 166 valence electrons. The summed E-state index contributed by atoms with van der Waals surface area (Å²) in [6.45, 7) is 5.13. The van der Waals surface area contributed by atoms with Crippen molar-refractivity contribution in [1.29, 1.82) is 0 Å². The summed E-state index contributed by atoms with van der Waals surface area (Å²) in [5, 5.41) is 5.32. The van der Waals surface area contributed by atoms with Crippen molar-refractivity contribution in [3.05, 3.63) is 82.4 Å². The average Bonchev–Trinajstić information content (AvgIpc) is 2.68. The number of carbonyl (C=O) groups is 2. The minimum Gasteiger partial charge on any atom is -0.326 e. The Kier molecular flexibility index (Phi) is 6.86. The first-order valence-electron chi connectivity index (χ1n) is 9.63. The van der Waals surface area contributed by atoms with Crippen LogP contribution in [0.3, 0.4) is 0 Å². The molecular formula is C23H22ClN3O4S. The molecule has 0 aromatic heterocycles. The SMILES string of the molecule is CC(=O)Nc1ccc(NC(=O)c2ccc(Cl)c(S(=O)(=O)Nc3cc(C)cc(C)c3)c2)cc1. The molecule has 3 aromatic carbocycles. The summed E-state index contributed by atoms with van der Waals surface area (Å²) in [7, 11) is -4.03. The Morgan fingerprint density at radius 3 is 1.91 bits per heavy atom. The van der Waals surface area contributed by atoms with Crippen LogP contribution in [0.5, 0.6) is 0 Å². The highest BCUT2D eigenvalue weighted by Crippen LogP contribution is 2.26. The highest BCUT2D eigenvalue weighted by Gasteiger charge is 2.21. The van der Waals surface area contributed by atoms with Gasteiger partial charge in [-0.2, -0.15) is 0 Å². The first kappa shape index (κ1) is 23.3. The summed E-state index contributed by atoms with van der Waals surface area (Å²) in [4.78, 5) is 23.6. The fourth-order valence-corrected chi connectivity index (χ4v) is 4.70. The van der Waals surface area contributed by atoms with E-state index in [9.17, 15) is 18.0 Å². The Morgan fingerprint density at radius 2 is 1.34 bits per heavy atom. The van der Waals surface area contributed by atoms with E-state index in [-0.39, 0.29) is 21.4 Å². The van der Waals surface area contributed by atoms with Gasteiger partial charge in [-0.25, -0.2) is 8.42 Å². The van der Waals surface area contributed by atoms with Crippen molar-refractivity contribution in [2.75, 3.05) is 15.4 Å². The zero-order valence-electron chi connectivity index (χ0n) is 17.7. The lowest BCUT2D eigenvalue weighted by molar-refractivity contribution is -0.114. The number of halogens is 1. The highest BCUT2D eigenvalue weighted by molar-refractivity contribution is 7.92. The van der Waals surface area contributed by atoms with Gasteiger partial charge < -0.3 is 10.6 Å². The van der Waals surface area contributed by atoms with Crippen LogP contribution in [0.1, 0.15) is 28.4 Å². The molecule has 0 radical (unpaired) electrons. The molecule has 0 atom stereocenters. The Bertz CT molecular complexity index is 1270. The van der Waals surface area contributed by atoms with Gasteiger partial charge in [0.15, 0.2) is 0 Å². The maximum absolute atomic E-state index is 12.9. The Balaban J connectivity index is 1.82. The van der Waals surface area contributed by atoms with Crippen LogP contribution in [0.2, 0.25) is 5.02 Å². The van der Waals surface area contributed by atoms with Gasteiger partial charge in [-0.3, -0.25) is 14.3 Å². The summed E-state index contributed by atoms with van der Waals surface area (Å²) < 4.78 is 28.4. The molecule has 0 aliphatic heterocycles. The van der Waals surface area contributed by atoms with E-state index in [0.29, 0.717) is 17.1 Å². The zero-order chi connectivity index (χ0) is 23.5. The predicted octanol–water partition coefficient (Wildman–Crippen LogP) is 4.97. The third-order valence-corrected chi connectivity index (χ3v) is 6.28. The molecular weight excluding hydrogens is 450 g/mol. The number of anilines is 3. The van der Waals surface area contributed by atoms with Gasteiger partial charge in [0.2, 0.25) is 5.91 Å². The lowest BCUT2D eigenvalue weighted by Crippen LogP contribution is -2.16. The van der Waals surface area contributed by atoms with Crippen LogP contribution >= 0.6 is 11.6 Å². The van der Waals surface area contributed by atoms with E-state index >= 15 is 0 Å². The molecule has 32 heavy (non-hydrogen) atoms. The lowest BCUT2D eigenvalue weighted by Gasteiger charge is -2.13. The second kappa shape index (κ2) is 9.42. The van der Waals surface area contributed by atoms with E-state index < -0.39 is 15.9 Å². The van der Waals surface area contributed by atoms with Crippen LogP contribution in [0.15, 0.2) is 65.6 Å². The van der Waals surface area contributed by atoms with Crippen LogP contribution in [-0.4, -0.2) is 20.2 Å². The molecule has 3 rings (SSSR count). The van der Waals surface area contributed by atoms with Gasteiger partial charge in [-0.1, -0.05) is 17.7 Å². The molecule has 7 nitrogen and oxygen atoms in total. The van der Waals surface area contributed by atoms with Crippen LogP contribution in [0.25, 0.3) is 0 Å². The molecule has 0 saturated heterocycles. The first-order valence-corrected chi connectivity index (χ1v) is 11.5. The number of hydrogen-bond acceptors (Lipinski definition) is 4. The van der Waals surface area contributed by atoms with E-state index in [1.807, 2.05) is 19.9 Å². The first-order chi connectivity index (χ1) is 15.0. The van der Waals surface area contributed by atoms with Crippen molar-refractivity contribution in [3.63, 3.8) is 0 Å². The molecule has 2 amide bonds. The Labute approximate surface area is 191 Å². The van der Waals surface area contributed by atoms with E-state index in [0.717, 1.165) is 11.1 Å². The second-order valence-corrected chi connectivity index (χ2v) is 9.40. The number of aryl methyl sites for hydroxylation is 2. The van der Waals surface area contributed by atoms with Crippen molar-refractivity contribution >= 4 is 50.5 Å². The maximum atomic E-state index is 12.9. The third kappa shape index (κ3) is 5.87. The normalized spacial score (nSPS) is 11.0. The number of nitrogens with one attached hydrogen (secondary N) is 3. The van der Waals surface area contributed by atoms with E-state index in [1.54, 1.807) is 36.4 Å². The van der Waals surface area contributed by atoms with Gasteiger partial charge in [0, 0.05) is 29.5 Å². The van der Waals surface area contributed by atoms with Crippen LogP contribution in [0.4, 0.5) is 17.1 Å². The molecule has 9 heteroatoms. The number of sulfonamides is 1. The van der Waals surface area contributed by atoms with Crippen molar-refractivity contribution in [2.45, 2.75) is 25.7 Å². The minimum absolute atomic E-state index is 0.00177. The summed E-state index contributed by atoms with van der Waals surface area (Å²) in [6, 6.07) is 15.9. The van der Waals surface area contributed by atoms with Crippen LogP contribution < -0.4 is 15.4 Å². The number of amides is 2. The van der Waals surface area contributed by atoms with Gasteiger partial charge >= 0.3 is 0 Å². The van der Waals surface area contributed by atoms with Crippen molar-refractivity contribution in [3.8, 4) is 0 Å².